The molecule has 0 bridgehead atoms. The number of hydrogen-bond donors (Lipinski definition) is 2. The number of sulfonamides is 1. The molecule has 1 aromatic carbocycles. The van der Waals surface area contributed by atoms with Crippen molar-refractivity contribution >= 4 is 27.7 Å². The maximum atomic E-state index is 11.8. The van der Waals surface area contributed by atoms with Gasteiger partial charge >= 0.3 is 6.09 Å². The largest absolute Gasteiger partial charge is 0.444 e. The fourth-order valence-corrected chi connectivity index (χ4v) is 2.46. The third kappa shape index (κ3) is 7.31. The Morgan fingerprint density at radius 3 is 2.29 bits per heavy atom. The minimum atomic E-state index is -3.77. The molecule has 0 aliphatic rings. The molecule has 1 unspecified atom stereocenters. The number of benzene rings is 1. The Kier molecular flexibility index (Phi) is 5.61. The summed E-state index contributed by atoms with van der Waals surface area (Å²) in [7, 11) is -3.77. The zero-order valence-corrected chi connectivity index (χ0v) is 13.7. The fourth-order valence-electron chi connectivity index (χ4n) is 1.60. The van der Waals surface area contributed by atoms with E-state index < -0.39 is 33.5 Å². The maximum absolute atomic E-state index is 11.8. The number of rotatable bonds is 4. The molecule has 1 amide bonds. The predicted molar refractivity (Wildman–Crippen MR) is 81.5 cm³/mol. The maximum Gasteiger partial charge on any atom is 0.408 e. The van der Waals surface area contributed by atoms with Crippen molar-refractivity contribution < 1.29 is 17.9 Å². The lowest BCUT2D eigenvalue weighted by molar-refractivity contribution is 0.0509. The van der Waals surface area contributed by atoms with Crippen LogP contribution in [-0.2, 0) is 14.8 Å². The van der Waals surface area contributed by atoms with Gasteiger partial charge in [0.15, 0.2) is 0 Å². The van der Waals surface area contributed by atoms with E-state index >= 15 is 0 Å². The molecule has 21 heavy (non-hydrogen) atoms. The number of hydrogen-bond acceptors (Lipinski definition) is 4. The normalized spacial score (nSPS) is 13.6. The van der Waals surface area contributed by atoms with Gasteiger partial charge in [-0.15, -0.1) is 0 Å². The lowest BCUT2D eigenvalue weighted by Crippen LogP contribution is -2.38. The lowest BCUT2D eigenvalue weighted by Gasteiger charge is -2.23. The van der Waals surface area contributed by atoms with Crippen LogP contribution >= 0.6 is 11.6 Å². The second kappa shape index (κ2) is 6.64. The second-order valence-electron chi connectivity index (χ2n) is 5.58. The molecule has 0 fully saturated rings. The summed E-state index contributed by atoms with van der Waals surface area (Å²) >= 11 is 5.79. The van der Waals surface area contributed by atoms with Gasteiger partial charge in [-0.25, -0.2) is 18.4 Å². The van der Waals surface area contributed by atoms with Gasteiger partial charge in [0.1, 0.15) is 5.60 Å². The first-order valence-corrected chi connectivity index (χ1v) is 8.31. The Bertz CT molecular complexity index is 594. The van der Waals surface area contributed by atoms with Crippen molar-refractivity contribution in [2.24, 2.45) is 5.14 Å². The number of carbonyl (C=O) groups is 1. The highest BCUT2D eigenvalue weighted by atomic mass is 35.5. The Balaban J connectivity index is 2.93. The standard InChI is InChI=1S/C13H19ClN2O4S/c1-13(2,3)20-12(17)16-11(8-21(15,18)19)9-4-6-10(14)7-5-9/h4-7,11H,8H2,1-3H3,(H,16,17)(H2,15,18,19). The van der Waals surface area contributed by atoms with E-state index in [0.29, 0.717) is 10.6 Å². The van der Waals surface area contributed by atoms with Gasteiger partial charge in [-0.05, 0) is 38.5 Å². The van der Waals surface area contributed by atoms with Crippen LogP contribution in [0.25, 0.3) is 0 Å². The van der Waals surface area contributed by atoms with Gasteiger partial charge in [0.2, 0.25) is 10.0 Å². The van der Waals surface area contributed by atoms with Crippen molar-refractivity contribution in [3.63, 3.8) is 0 Å². The number of nitrogens with one attached hydrogen (secondary N) is 1. The Morgan fingerprint density at radius 1 is 1.33 bits per heavy atom. The average molecular weight is 335 g/mol. The van der Waals surface area contributed by atoms with E-state index in [9.17, 15) is 13.2 Å². The smallest absolute Gasteiger partial charge is 0.408 e. The van der Waals surface area contributed by atoms with Gasteiger partial charge in [-0.1, -0.05) is 23.7 Å². The molecule has 0 aromatic heterocycles. The van der Waals surface area contributed by atoms with Crippen molar-refractivity contribution in [3.8, 4) is 0 Å². The molecule has 0 heterocycles. The van der Waals surface area contributed by atoms with Crippen LogP contribution in [0.1, 0.15) is 32.4 Å². The zero-order valence-electron chi connectivity index (χ0n) is 12.1. The molecule has 0 radical (unpaired) electrons. The van der Waals surface area contributed by atoms with Gasteiger partial charge in [-0.3, -0.25) is 0 Å². The molecular formula is C13H19ClN2O4S. The van der Waals surface area contributed by atoms with Gasteiger partial charge in [0.05, 0.1) is 11.8 Å². The topological polar surface area (TPSA) is 98.5 Å². The quantitative estimate of drug-likeness (QED) is 0.881. The van der Waals surface area contributed by atoms with Crippen molar-refractivity contribution in [2.45, 2.75) is 32.4 Å². The molecule has 118 valence electrons. The van der Waals surface area contributed by atoms with Crippen molar-refractivity contribution in [1.29, 1.82) is 0 Å². The molecule has 8 heteroatoms. The Hall–Kier alpha value is -1.31. The first-order valence-electron chi connectivity index (χ1n) is 6.22. The summed E-state index contributed by atoms with van der Waals surface area (Å²) < 4.78 is 27.7. The molecule has 1 rings (SSSR count). The summed E-state index contributed by atoms with van der Waals surface area (Å²) in [5.41, 5.74) is -0.116. The number of primary sulfonamides is 1. The third-order valence-electron chi connectivity index (χ3n) is 2.36. The van der Waals surface area contributed by atoms with Crippen LogP contribution in [0.2, 0.25) is 5.02 Å². The highest BCUT2D eigenvalue weighted by molar-refractivity contribution is 7.89. The molecule has 0 saturated carbocycles. The number of nitrogens with two attached hydrogens (primary N) is 1. The van der Waals surface area contributed by atoms with E-state index in [1.807, 2.05) is 0 Å². The van der Waals surface area contributed by atoms with Crippen LogP contribution < -0.4 is 10.5 Å². The minimum absolute atomic E-state index is 0.437. The molecule has 0 aliphatic heterocycles. The van der Waals surface area contributed by atoms with E-state index in [0.717, 1.165) is 0 Å². The molecule has 1 atom stereocenters. The van der Waals surface area contributed by atoms with E-state index in [4.69, 9.17) is 21.5 Å². The van der Waals surface area contributed by atoms with Crippen LogP contribution in [-0.4, -0.2) is 25.9 Å². The summed E-state index contributed by atoms with van der Waals surface area (Å²) in [6.45, 7) is 5.14. The molecular weight excluding hydrogens is 316 g/mol. The fraction of sp³-hybridized carbons (Fsp3) is 0.462. The average Bonchev–Trinajstić information content (AvgIpc) is 2.24. The lowest BCUT2D eigenvalue weighted by atomic mass is 10.1. The molecule has 1 aromatic rings. The molecule has 6 nitrogen and oxygen atoms in total. The van der Waals surface area contributed by atoms with E-state index in [-0.39, 0.29) is 0 Å². The predicted octanol–water partition coefficient (Wildman–Crippen LogP) is 2.19. The van der Waals surface area contributed by atoms with Crippen LogP contribution in [0, 0.1) is 0 Å². The number of carbonyl (C=O) groups excluding carboxylic acids is 1. The van der Waals surface area contributed by atoms with Gasteiger partial charge < -0.3 is 10.1 Å². The number of alkyl carbamates (subject to hydrolysis) is 1. The van der Waals surface area contributed by atoms with Crippen LogP contribution in [0.15, 0.2) is 24.3 Å². The summed E-state index contributed by atoms with van der Waals surface area (Å²) in [5.74, 6) is -0.437. The van der Waals surface area contributed by atoms with Gasteiger partial charge in [-0.2, -0.15) is 0 Å². The summed E-state index contributed by atoms with van der Waals surface area (Å²) in [4.78, 5) is 11.8. The third-order valence-corrected chi connectivity index (χ3v) is 3.41. The summed E-state index contributed by atoms with van der Waals surface area (Å²) in [6, 6.07) is 5.63. The highest BCUT2D eigenvalue weighted by Gasteiger charge is 2.23. The van der Waals surface area contributed by atoms with Crippen LogP contribution in [0.5, 0.6) is 0 Å². The SMILES string of the molecule is CC(C)(C)OC(=O)NC(CS(N)(=O)=O)c1ccc(Cl)cc1. The highest BCUT2D eigenvalue weighted by Crippen LogP contribution is 2.18. The van der Waals surface area contributed by atoms with E-state index in [1.165, 1.54) is 0 Å². The van der Waals surface area contributed by atoms with Crippen LogP contribution in [0.3, 0.4) is 0 Å². The number of amides is 1. The number of ether oxygens (including phenoxy) is 1. The molecule has 0 aliphatic carbocycles. The van der Waals surface area contributed by atoms with Crippen molar-refractivity contribution in [2.75, 3.05) is 5.75 Å². The molecule has 0 saturated heterocycles. The second-order valence-corrected chi connectivity index (χ2v) is 7.68. The van der Waals surface area contributed by atoms with E-state index in [2.05, 4.69) is 5.32 Å². The van der Waals surface area contributed by atoms with Gasteiger partial charge in [0.25, 0.3) is 0 Å². The Morgan fingerprint density at radius 2 is 1.86 bits per heavy atom. The zero-order chi connectivity index (χ0) is 16.3. The van der Waals surface area contributed by atoms with Gasteiger partial charge in [0, 0.05) is 5.02 Å². The molecule has 3 N–H and O–H groups in total. The first-order chi connectivity index (χ1) is 9.46. The van der Waals surface area contributed by atoms with Crippen molar-refractivity contribution in [3.05, 3.63) is 34.9 Å². The van der Waals surface area contributed by atoms with Crippen molar-refractivity contribution in [1.82, 2.24) is 5.32 Å². The summed E-state index contributed by atoms with van der Waals surface area (Å²) in [5, 5.41) is 8.07. The van der Waals surface area contributed by atoms with Crippen LogP contribution in [0.4, 0.5) is 4.79 Å². The number of halogens is 1. The minimum Gasteiger partial charge on any atom is -0.444 e. The summed E-state index contributed by atoms with van der Waals surface area (Å²) in [6.07, 6.45) is -0.717. The van der Waals surface area contributed by atoms with E-state index in [1.54, 1.807) is 45.0 Å². The first kappa shape index (κ1) is 17.7. The Labute approximate surface area is 129 Å². The monoisotopic (exact) mass is 334 g/mol. The molecule has 0 spiro atoms.